The Morgan fingerprint density at radius 2 is 1.84 bits per heavy atom. The first kappa shape index (κ1) is 14.6. The van der Waals surface area contributed by atoms with Crippen molar-refractivity contribution in [2.45, 2.75) is 49.1 Å². The summed E-state index contributed by atoms with van der Waals surface area (Å²) in [6, 6.07) is 0. The van der Waals surface area contributed by atoms with Crippen molar-refractivity contribution in [1.82, 2.24) is 0 Å². The Morgan fingerprint density at radius 1 is 1.32 bits per heavy atom. The molecule has 2 fully saturated rings. The third-order valence-electron chi connectivity index (χ3n) is 3.71. The molecule has 0 aromatic heterocycles. The van der Waals surface area contributed by atoms with E-state index in [-0.39, 0.29) is 6.42 Å². The van der Waals surface area contributed by atoms with Crippen molar-refractivity contribution < 1.29 is 36.4 Å². The van der Waals surface area contributed by atoms with Crippen LogP contribution in [0.15, 0.2) is 0 Å². The molecule has 2 saturated carbocycles. The van der Waals surface area contributed by atoms with Crippen LogP contribution in [0.5, 0.6) is 0 Å². The van der Waals surface area contributed by atoms with Crippen molar-refractivity contribution in [2.24, 2.45) is 5.92 Å². The van der Waals surface area contributed by atoms with Crippen molar-refractivity contribution in [3.8, 4) is 0 Å². The summed E-state index contributed by atoms with van der Waals surface area (Å²) < 4.78 is 59.2. The normalized spacial score (nSPS) is 30.1. The van der Waals surface area contributed by atoms with Gasteiger partial charge in [0.2, 0.25) is 0 Å². The molecule has 9 heteroatoms. The monoisotopic (exact) mass is 300 g/mol. The van der Waals surface area contributed by atoms with Crippen LogP contribution in [0.25, 0.3) is 0 Å². The van der Waals surface area contributed by atoms with Crippen molar-refractivity contribution in [3.05, 3.63) is 0 Å². The lowest BCUT2D eigenvalue weighted by Gasteiger charge is -2.22. The average Bonchev–Trinajstić information content (AvgIpc) is 2.91. The highest BCUT2D eigenvalue weighted by Gasteiger charge is 2.60. The number of alkyl halides is 2. The van der Waals surface area contributed by atoms with E-state index in [1.165, 1.54) is 0 Å². The van der Waals surface area contributed by atoms with Crippen LogP contribution in [0.2, 0.25) is 0 Å². The molecule has 0 heterocycles. The van der Waals surface area contributed by atoms with Crippen molar-refractivity contribution >= 4 is 16.1 Å². The van der Waals surface area contributed by atoms with Gasteiger partial charge in [0.25, 0.3) is 0 Å². The molecule has 0 amide bonds. The van der Waals surface area contributed by atoms with Crippen molar-refractivity contribution in [2.75, 3.05) is 0 Å². The van der Waals surface area contributed by atoms with Gasteiger partial charge < -0.3 is 9.84 Å². The SMILES string of the molecule is O=C(OC1CC1C1(O)CCCC1)C(F)(F)S(=O)(=O)O. The minimum absolute atomic E-state index is 0.226. The summed E-state index contributed by atoms with van der Waals surface area (Å²) >= 11 is 0. The highest BCUT2D eigenvalue weighted by Crippen LogP contribution is 2.50. The number of ether oxygens (including phenoxy) is 1. The lowest BCUT2D eigenvalue weighted by atomic mass is 9.96. The number of carbonyl (C=O) groups excluding carboxylic acids is 1. The van der Waals surface area contributed by atoms with Gasteiger partial charge in [-0.15, -0.1) is 0 Å². The molecular weight excluding hydrogens is 286 g/mol. The van der Waals surface area contributed by atoms with Crippen LogP contribution in [-0.2, 0) is 19.6 Å². The molecule has 0 radical (unpaired) electrons. The topological polar surface area (TPSA) is 101 Å². The quantitative estimate of drug-likeness (QED) is 0.585. The van der Waals surface area contributed by atoms with E-state index in [2.05, 4.69) is 4.74 Å². The summed E-state index contributed by atoms with van der Waals surface area (Å²) in [7, 11) is -5.84. The molecule has 0 bridgehead atoms. The van der Waals surface area contributed by atoms with Gasteiger partial charge in [-0.25, -0.2) is 4.79 Å². The lowest BCUT2D eigenvalue weighted by Crippen LogP contribution is -2.40. The minimum atomic E-state index is -5.84. The highest BCUT2D eigenvalue weighted by atomic mass is 32.2. The van der Waals surface area contributed by atoms with E-state index in [1.807, 2.05) is 0 Å². The molecule has 2 unspecified atom stereocenters. The van der Waals surface area contributed by atoms with Crippen LogP contribution < -0.4 is 0 Å². The van der Waals surface area contributed by atoms with E-state index in [1.54, 1.807) is 0 Å². The second kappa shape index (κ2) is 4.35. The number of hydrogen-bond donors (Lipinski definition) is 2. The summed E-state index contributed by atoms with van der Waals surface area (Å²) in [6.45, 7) is 0. The smallest absolute Gasteiger partial charge is 0.457 e. The summed E-state index contributed by atoms with van der Waals surface area (Å²) in [5.41, 5.74) is -1.02. The lowest BCUT2D eigenvalue weighted by molar-refractivity contribution is -0.164. The van der Waals surface area contributed by atoms with Gasteiger partial charge in [-0.2, -0.15) is 17.2 Å². The van der Waals surface area contributed by atoms with Gasteiger partial charge >= 0.3 is 21.3 Å². The zero-order valence-electron chi connectivity index (χ0n) is 9.88. The van der Waals surface area contributed by atoms with E-state index in [0.717, 1.165) is 12.8 Å². The Labute approximate surface area is 108 Å². The molecule has 2 N–H and O–H groups in total. The third-order valence-corrected chi connectivity index (χ3v) is 4.53. The number of carbonyl (C=O) groups is 1. The van der Waals surface area contributed by atoms with E-state index in [0.29, 0.717) is 12.8 Å². The molecule has 0 aliphatic heterocycles. The molecule has 0 aromatic rings. The van der Waals surface area contributed by atoms with Crippen molar-refractivity contribution in [1.29, 1.82) is 0 Å². The minimum Gasteiger partial charge on any atom is -0.457 e. The summed E-state index contributed by atoms with van der Waals surface area (Å²) in [5.74, 6) is -2.74. The summed E-state index contributed by atoms with van der Waals surface area (Å²) in [6.07, 6.45) is 1.97. The van der Waals surface area contributed by atoms with Gasteiger partial charge in [0.15, 0.2) is 0 Å². The molecule has 0 spiro atoms. The molecule has 2 aliphatic rings. The maximum atomic E-state index is 12.9. The maximum absolute atomic E-state index is 12.9. The molecule has 2 atom stereocenters. The van der Waals surface area contributed by atoms with E-state index in [9.17, 15) is 27.1 Å². The second-order valence-corrected chi connectivity index (χ2v) is 6.55. The molecule has 2 aliphatic carbocycles. The summed E-state index contributed by atoms with van der Waals surface area (Å²) in [5, 5.41) is 5.16. The number of hydrogen-bond acceptors (Lipinski definition) is 5. The van der Waals surface area contributed by atoms with Crippen LogP contribution in [0, 0.1) is 5.92 Å². The zero-order chi connectivity index (χ0) is 14.5. The number of aliphatic hydroxyl groups is 1. The fourth-order valence-electron chi connectivity index (χ4n) is 2.54. The molecule has 110 valence electrons. The molecule has 0 aromatic carbocycles. The van der Waals surface area contributed by atoms with E-state index in [4.69, 9.17) is 4.55 Å². The molecule has 2 rings (SSSR count). The Bertz CT molecular complexity index is 482. The standard InChI is InChI=1S/C10H14F2O6S/c11-10(12,19(15,16)17)8(13)18-7-5-6(7)9(14)3-1-2-4-9/h6-7,14H,1-5H2,(H,15,16,17). The van der Waals surface area contributed by atoms with Crippen LogP contribution >= 0.6 is 0 Å². The maximum Gasteiger partial charge on any atom is 0.465 e. The van der Waals surface area contributed by atoms with Gasteiger partial charge in [0, 0.05) is 5.92 Å². The highest BCUT2D eigenvalue weighted by molar-refractivity contribution is 7.87. The van der Waals surface area contributed by atoms with Gasteiger partial charge in [0.05, 0.1) is 5.60 Å². The van der Waals surface area contributed by atoms with Crippen LogP contribution in [0.1, 0.15) is 32.1 Å². The zero-order valence-corrected chi connectivity index (χ0v) is 10.7. The fourth-order valence-corrected chi connectivity index (χ4v) is 2.80. The molecule has 6 nitrogen and oxygen atoms in total. The number of halogens is 2. The fraction of sp³-hybridized carbons (Fsp3) is 0.900. The van der Waals surface area contributed by atoms with Gasteiger partial charge in [0.1, 0.15) is 6.10 Å². The van der Waals surface area contributed by atoms with Gasteiger partial charge in [-0.3, -0.25) is 4.55 Å². The van der Waals surface area contributed by atoms with E-state index < -0.39 is 39.0 Å². The van der Waals surface area contributed by atoms with Crippen molar-refractivity contribution in [3.63, 3.8) is 0 Å². The molecule has 0 saturated heterocycles. The Morgan fingerprint density at radius 3 is 2.32 bits per heavy atom. The predicted molar refractivity (Wildman–Crippen MR) is 57.9 cm³/mol. The first-order valence-corrected chi connectivity index (χ1v) is 7.30. The van der Waals surface area contributed by atoms with Gasteiger partial charge in [-0.05, 0) is 19.3 Å². The molecule has 19 heavy (non-hydrogen) atoms. The first-order chi connectivity index (χ1) is 8.58. The number of rotatable bonds is 4. The second-order valence-electron chi connectivity index (χ2n) is 5.09. The largest absolute Gasteiger partial charge is 0.465 e. The Kier molecular flexibility index (Phi) is 3.35. The van der Waals surface area contributed by atoms with Gasteiger partial charge in [-0.1, -0.05) is 12.8 Å². The van der Waals surface area contributed by atoms with Crippen LogP contribution in [0.4, 0.5) is 8.78 Å². The van der Waals surface area contributed by atoms with Crippen LogP contribution in [-0.4, -0.2) is 41.0 Å². The Hall–Kier alpha value is -0.800. The van der Waals surface area contributed by atoms with Crippen LogP contribution in [0.3, 0.4) is 0 Å². The predicted octanol–water partition coefficient (Wildman–Crippen LogP) is 0.704. The first-order valence-electron chi connectivity index (χ1n) is 5.86. The number of esters is 1. The van der Waals surface area contributed by atoms with E-state index >= 15 is 0 Å². The molecular formula is C10H14F2O6S. The summed E-state index contributed by atoms with van der Waals surface area (Å²) in [4.78, 5) is 11.0. The third kappa shape index (κ3) is 2.59. The Balaban J connectivity index is 1.96. The average molecular weight is 300 g/mol.